The number of hydrogen-bond donors (Lipinski definition) is 2. The zero-order valence-corrected chi connectivity index (χ0v) is 20.7. The maximum absolute atomic E-state index is 14.2. The number of anilines is 2. The summed E-state index contributed by atoms with van der Waals surface area (Å²) in [6.07, 6.45) is 0. The minimum Gasteiger partial charge on any atom is -0.390 e. The van der Waals surface area contributed by atoms with Crippen LogP contribution in [0.1, 0.15) is 47.8 Å². The number of nitrogens with one attached hydrogen (secondary N) is 1. The van der Waals surface area contributed by atoms with Crippen LogP contribution in [0.25, 0.3) is 10.8 Å². The average molecular weight is 485 g/mol. The first-order valence-electron chi connectivity index (χ1n) is 11.4. The number of methoxy groups -OCH3 is 1. The molecule has 186 valence electrons. The first kappa shape index (κ1) is 24.9. The molecule has 1 aliphatic heterocycles. The highest BCUT2D eigenvalue weighted by atomic mass is 19.3. The molecule has 0 saturated heterocycles. The van der Waals surface area contributed by atoms with Crippen LogP contribution in [0.5, 0.6) is 0 Å². The molecule has 1 aromatic heterocycles. The number of aliphatic hydroxyl groups excluding tert-OH is 1. The number of rotatable bonds is 7. The molecule has 2 heterocycles. The number of fused-ring (bicyclic) bond motifs is 2. The van der Waals surface area contributed by atoms with Crippen LogP contribution in [0.15, 0.2) is 30.3 Å². The van der Waals surface area contributed by atoms with Crippen molar-refractivity contribution in [2.24, 2.45) is 0 Å². The van der Waals surface area contributed by atoms with Crippen molar-refractivity contribution in [2.45, 2.75) is 45.1 Å². The molecule has 7 nitrogen and oxygen atoms in total. The lowest BCUT2D eigenvalue weighted by atomic mass is 9.83. The van der Waals surface area contributed by atoms with Crippen LogP contribution in [0.3, 0.4) is 0 Å². The van der Waals surface area contributed by atoms with Crippen molar-refractivity contribution in [2.75, 3.05) is 37.6 Å². The zero-order valence-electron chi connectivity index (χ0n) is 20.7. The van der Waals surface area contributed by atoms with Gasteiger partial charge in [-0.3, -0.25) is 4.79 Å². The molecule has 35 heavy (non-hydrogen) atoms. The molecular weight excluding hydrogens is 454 g/mol. The van der Waals surface area contributed by atoms with E-state index >= 15 is 0 Å². The maximum Gasteiger partial charge on any atom is 0.296 e. The molecule has 0 bridgehead atoms. The van der Waals surface area contributed by atoms with E-state index in [-0.39, 0.29) is 24.1 Å². The van der Waals surface area contributed by atoms with Gasteiger partial charge in [0.15, 0.2) is 5.82 Å². The van der Waals surface area contributed by atoms with E-state index in [2.05, 4.69) is 15.5 Å². The number of ether oxygens (including phenoxy) is 1. The lowest BCUT2D eigenvalue weighted by Crippen LogP contribution is -2.39. The van der Waals surface area contributed by atoms with Gasteiger partial charge in [-0.2, -0.15) is 13.9 Å². The lowest BCUT2D eigenvalue weighted by Gasteiger charge is -2.23. The number of aromatic nitrogens is 2. The van der Waals surface area contributed by atoms with Gasteiger partial charge in [0.05, 0.1) is 23.8 Å². The fourth-order valence-corrected chi connectivity index (χ4v) is 5.05. The van der Waals surface area contributed by atoms with E-state index in [1.165, 1.54) is 6.07 Å². The largest absolute Gasteiger partial charge is 0.390 e. The first-order valence-corrected chi connectivity index (χ1v) is 11.4. The van der Waals surface area contributed by atoms with Gasteiger partial charge in [-0.15, -0.1) is 5.10 Å². The van der Waals surface area contributed by atoms with Crippen LogP contribution < -0.4 is 10.2 Å². The Bertz CT molecular complexity index is 1310. The second kappa shape index (κ2) is 8.80. The smallest absolute Gasteiger partial charge is 0.296 e. The van der Waals surface area contributed by atoms with Crippen LogP contribution >= 0.6 is 0 Å². The molecule has 2 N–H and O–H groups in total. The van der Waals surface area contributed by atoms with E-state index in [1.54, 1.807) is 38.1 Å². The summed E-state index contributed by atoms with van der Waals surface area (Å²) in [5.74, 6) is -2.90. The summed E-state index contributed by atoms with van der Waals surface area (Å²) in [6, 6.07) is 8.17. The third-order valence-electron chi connectivity index (χ3n) is 7.03. The van der Waals surface area contributed by atoms with Crippen molar-refractivity contribution in [3.8, 4) is 0 Å². The number of carbonyl (C=O) groups excluding carboxylic acids is 1. The Hall–Kier alpha value is -3.17. The van der Waals surface area contributed by atoms with Gasteiger partial charge in [0.1, 0.15) is 6.61 Å². The number of alkyl halides is 2. The molecule has 4 rings (SSSR count). The van der Waals surface area contributed by atoms with Crippen molar-refractivity contribution in [3.05, 3.63) is 58.3 Å². The number of aliphatic hydroxyl groups is 1. The molecule has 0 aliphatic carbocycles. The Morgan fingerprint density at radius 1 is 1.23 bits per heavy atom. The highest BCUT2D eigenvalue weighted by Gasteiger charge is 2.46. The summed E-state index contributed by atoms with van der Waals surface area (Å²) in [5, 5.41) is 22.8. The Morgan fingerprint density at radius 2 is 1.94 bits per heavy atom. The van der Waals surface area contributed by atoms with Crippen molar-refractivity contribution < 1.29 is 23.4 Å². The number of nitrogens with zero attached hydrogens (tertiary/aromatic N) is 3. The van der Waals surface area contributed by atoms with Crippen LogP contribution in [-0.2, 0) is 20.9 Å². The number of hydrogen-bond acceptors (Lipinski definition) is 6. The molecular formula is C26H30F2N4O3. The van der Waals surface area contributed by atoms with E-state index in [4.69, 9.17) is 9.84 Å². The number of halogens is 2. The van der Waals surface area contributed by atoms with Crippen LogP contribution in [0.4, 0.5) is 20.3 Å². The molecule has 1 aliphatic rings. The van der Waals surface area contributed by atoms with E-state index < -0.39 is 17.9 Å². The fourth-order valence-electron chi connectivity index (χ4n) is 5.05. The number of likely N-dealkylation sites (N-methyl/N-ethyl adjacent to an activating group) is 1. The van der Waals surface area contributed by atoms with E-state index in [0.717, 1.165) is 22.0 Å². The number of carbonyl (C=O) groups is 1. The predicted octanol–water partition coefficient (Wildman–Crippen LogP) is 4.38. The molecule has 1 amide bonds. The topological polar surface area (TPSA) is 87.6 Å². The van der Waals surface area contributed by atoms with Crippen LogP contribution in [-0.4, -0.2) is 48.6 Å². The van der Waals surface area contributed by atoms with Gasteiger partial charge in [0.2, 0.25) is 5.91 Å². The molecule has 1 unspecified atom stereocenters. The van der Waals surface area contributed by atoms with Gasteiger partial charge in [-0.25, -0.2) is 0 Å². The van der Waals surface area contributed by atoms with Crippen LogP contribution in [0, 0.1) is 13.8 Å². The van der Waals surface area contributed by atoms with Gasteiger partial charge in [0, 0.05) is 36.2 Å². The van der Waals surface area contributed by atoms with Crippen molar-refractivity contribution in [1.82, 2.24) is 10.2 Å². The molecule has 9 heteroatoms. The summed E-state index contributed by atoms with van der Waals surface area (Å²) in [5.41, 5.74) is 2.39. The average Bonchev–Trinajstić information content (AvgIpc) is 3.01. The van der Waals surface area contributed by atoms with Crippen molar-refractivity contribution >= 4 is 28.2 Å². The second-order valence-corrected chi connectivity index (χ2v) is 9.43. The highest BCUT2D eigenvalue weighted by Crippen LogP contribution is 2.45. The normalized spacial score (nSPS) is 18.8. The molecule has 0 radical (unpaired) electrons. The molecule has 3 aromatic rings. The summed E-state index contributed by atoms with van der Waals surface area (Å²) >= 11 is 0. The Kier molecular flexibility index (Phi) is 6.27. The molecule has 0 fully saturated rings. The van der Waals surface area contributed by atoms with E-state index in [1.807, 2.05) is 32.9 Å². The van der Waals surface area contributed by atoms with Gasteiger partial charge >= 0.3 is 0 Å². The van der Waals surface area contributed by atoms with Gasteiger partial charge in [0.25, 0.3) is 5.92 Å². The molecule has 2 atom stereocenters. The predicted molar refractivity (Wildman–Crippen MR) is 131 cm³/mol. The Balaban J connectivity index is 1.80. The quantitative estimate of drug-likeness (QED) is 0.518. The fraction of sp³-hybridized carbons (Fsp3) is 0.423. The summed E-state index contributed by atoms with van der Waals surface area (Å²) in [4.78, 5) is 14.7. The minimum absolute atomic E-state index is 0.0524. The second-order valence-electron chi connectivity index (χ2n) is 9.43. The third kappa shape index (κ3) is 3.92. The standard InChI is InChI=1S/C26H30F2N4O3/c1-14-17(8-7-9-20(14)26(27,28)12-33)15(2)29-23-19-11-22-21(10-18(19)16(3)30-31-23)25(4,13-35-6)24(34)32(22)5/h7-11,15,33H,12-13H2,1-6H3,(H,29,31)/t15-,25?/m1/s1. The van der Waals surface area contributed by atoms with Crippen LogP contribution in [0.2, 0.25) is 0 Å². The molecule has 2 aromatic carbocycles. The monoisotopic (exact) mass is 484 g/mol. The third-order valence-corrected chi connectivity index (χ3v) is 7.03. The number of aryl methyl sites for hydroxylation is 1. The number of amides is 1. The lowest BCUT2D eigenvalue weighted by molar-refractivity contribution is -0.124. The van der Waals surface area contributed by atoms with Gasteiger partial charge in [-0.1, -0.05) is 18.2 Å². The minimum atomic E-state index is -3.33. The van der Waals surface area contributed by atoms with Gasteiger partial charge < -0.3 is 20.1 Å². The van der Waals surface area contributed by atoms with Crippen molar-refractivity contribution in [3.63, 3.8) is 0 Å². The summed E-state index contributed by atoms with van der Waals surface area (Å²) in [7, 11) is 3.31. The maximum atomic E-state index is 14.2. The zero-order chi connectivity index (χ0) is 25.7. The Morgan fingerprint density at radius 3 is 2.60 bits per heavy atom. The first-order chi connectivity index (χ1) is 16.5. The Labute approximate surface area is 203 Å². The SMILES string of the molecule is COCC1(C)C(=O)N(C)c2cc3c(N[C@H](C)c4cccc(C(F)(F)CO)c4C)nnc(C)c3cc21. The summed E-state index contributed by atoms with van der Waals surface area (Å²) < 4.78 is 33.9. The summed E-state index contributed by atoms with van der Waals surface area (Å²) in [6.45, 7) is 6.20. The molecule has 0 spiro atoms. The number of benzene rings is 2. The van der Waals surface area contributed by atoms with E-state index in [9.17, 15) is 13.6 Å². The van der Waals surface area contributed by atoms with Crippen molar-refractivity contribution in [1.29, 1.82) is 0 Å². The highest BCUT2D eigenvalue weighted by molar-refractivity contribution is 6.11. The van der Waals surface area contributed by atoms with E-state index in [0.29, 0.717) is 22.6 Å². The molecule has 0 saturated carbocycles. The van der Waals surface area contributed by atoms with Gasteiger partial charge in [-0.05, 0) is 56.5 Å².